The standard InChI is InChI=1S/C24H30N4O4S/c1-14(2)9-21(29)27-8-7-17-20(13-27)33-24(25-17)26-23(31)16-11-22(30)28(12-16)18-10-15(3)5-6-19(18)32-4/h5-6,10,14,16H,7-9,11-13H2,1-4H3,(H,25,26,31). The average Bonchev–Trinajstić information content (AvgIpc) is 3.35. The lowest BCUT2D eigenvalue weighted by molar-refractivity contribution is -0.132. The largest absolute Gasteiger partial charge is 0.495 e. The van der Waals surface area contributed by atoms with Crippen molar-refractivity contribution < 1.29 is 19.1 Å². The van der Waals surface area contributed by atoms with Crippen LogP contribution in [0.5, 0.6) is 5.75 Å². The molecular formula is C24H30N4O4S. The van der Waals surface area contributed by atoms with Crippen molar-refractivity contribution in [2.75, 3.05) is 30.4 Å². The lowest BCUT2D eigenvalue weighted by atomic mass is 10.1. The van der Waals surface area contributed by atoms with E-state index in [4.69, 9.17) is 4.74 Å². The predicted octanol–water partition coefficient (Wildman–Crippen LogP) is 3.38. The SMILES string of the molecule is COc1ccc(C)cc1N1CC(C(=O)Nc2nc3c(s2)CN(C(=O)CC(C)C)CC3)CC1=O. The van der Waals surface area contributed by atoms with Crippen molar-refractivity contribution in [2.24, 2.45) is 11.8 Å². The van der Waals surface area contributed by atoms with E-state index in [-0.39, 0.29) is 24.1 Å². The molecule has 1 N–H and O–H groups in total. The fourth-order valence-electron chi connectivity index (χ4n) is 4.27. The molecule has 9 heteroatoms. The van der Waals surface area contributed by atoms with E-state index in [0.29, 0.717) is 55.0 Å². The van der Waals surface area contributed by atoms with Gasteiger partial charge in [-0.15, -0.1) is 0 Å². The van der Waals surface area contributed by atoms with Gasteiger partial charge in [0.2, 0.25) is 17.7 Å². The lowest BCUT2D eigenvalue weighted by Gasteiger charge is -2.26. The van der Waals surface area contributed by atoms with Gasteiger partial charge in [-0.05, 0) is 30.5 Å². The molecule has 1 fully saturated rings. The van der Waals surface area contributed by atoms with Crippen LogP contribution in [0.4, 0.5) is 10.8 Å². The predicted molar refractivity (Wildman–Crippen MR) is 128 cm³/mol. The second-order valence-corrected chi connectivity index (χ2v) is 10.2. The zero-order chi connectivity index (χ0) is 23.7. The van der Waals surface area contributed by atoms with Crippen LogP contribution in [0.1, 0.15) is 42.8 Å². The minimum Gasteiger partial charge on any atom is -0.495 e. The molecule has 176 valence electrons. The average molecular weight is 471 g/mol. The van der Waals surface area contributed by atoms with E-state index in [0.717, 1.165) is 16.1 Å². The molecule has 2 aliphatic heterocycles. The summed E-state index contributed by atoms with van der Waals surface area (Å²) in [6.45, 7) is 7.52. The second kappa shape index (κ2) is 9.51. The van der Waals surface area contributed by atoms with E-state index in [2.05, 4.69) is 10.3 Å². The van der Waals surface area contributed by atoms with Crippen molar-refractivity contribution in [2.45, 2.75) is 46.6 Å². The number of hydrogen-bond donors (Lipinski definition) is 1. The van der Waals surface area contributed by atoms with Gasteiger partial charge >= 0.3 is 0 Å². The Bertz CT molecular complexity index is 1080. The van der Waals surface area contributed by atoms with Crippen molar-refractivity contribution in [3.8, 4) is 5.75 Å². The highest BCUT2D eigenvalue weighted by atomic mass is 32.1. The Labute approximate surface area is 197 Å². The van der Waals surface area contributed by atoms with Gasteiger partial charge in [-0.2, -0.15) is 0 Å². The Morgan fingerprint density at radius 2 is 2.12 bits per heavy atom. The normalized spacial score (nSPS) is 18.0. The molecule has 0 saturated carbocycles. The van der Waals surface area contributed by atoms with E-state index < -0.39 is 5.92 Å². The van der Waals surface area contributed by atoms with Crippen molar-refractivity contribution in [3.05, 3.63) is 34.3 Å². The van der Waals surface area contributed by atoms with Crippen LogP contribution in [-0.2, 0) is 27.3 Å². The van der Waals surface area contributed by atoms with Crippen LogP contribution in [0.15, 0.2) is 18.2 Å². The molecule has 3 heterocycles. The monoisotopic (exact) mass is 470 g/mol. The van der Waals surface area contributed by atoms with Crippen LogP contribution < -0.4 is 15.0 Å². The zero-order valence-electron chi connectivity index (χ0n) is 19.5. The lowest BCUT2D eigenvalue weighted by Crippen LogP contribution is -2.36. The van der Waals surface area contributed by atoms with Gasteiger partial charge in [0.1, 0.15) is 5.75 Å². The molecule has 1 unspecified atom stereocenters. The maximum atomic E-state index is 12.9. The molecule has 33 heavy (non-hydrogen) atoms. The van der Waals surface area contributed by atoms with Gasteiger partial charge in [0, 0.05) is 37.2 Å². The summed E-state index contributed by atoms with van der Waals surface area (Å²) in [7, 11) is 1.57. The quantitative estimate of drug-likeness (QED) is 0.699. The minimum absolute atomic E-state index is 0.100. The summed E-state index contributed by atoms with van der Waals surface area (Å²) >= 11 is 1.41. The molecule has 8 nitrogen and oxygen atoms in total. The van der Waals surface area contributed by atoms with Crippen LogP contribution in [0.25, 0.3) is 0 Å². The highest BCUT2D eigenvalue weighted by Gasteiger charge is 2.37. The van der Waals surface area contributed by atoms with E-state index in [9.17, 15) is 14.4 Å². The van der Waals surface area contributed by atoms with Gasteiger partial charge < -0.3 is 19.9 Å². The number of rotatable bonds is 6. The number of carbonyl (C=O) groups excluding carboxylic acids is 3. The summed E-state index contributed by atoms with van der Waals surface area (Å²) in [6.07, 6.45) is 1.37. The maximum Gasteiger partial charge on any atom is 0.231 e. The highest BCUT2D eigenvalue weighted by molar-refractivity contribution is 7.15. The van der Waals surface area contributed by atoms with Gasteiger partial charge in [0.25, 0.3) is 0 Å². The van der Waals surface area contributed by atoms with Gasteiger partial charge in [-0.25, -0.2) is 4.98 Å². The van der Waals surface area contributed by atoms with Gasteiger partial charge in [0.15, 0.2) is 5.13 Å². The Hall–Kier alpha value is -2.94. The molecule has 3 amide bonds. The molecule has 0 radical (unpaired) electrons. The number of fused-ring (bicyclic) bond motifs is 1. The van der Waals surface area contributed by atoms with Gasteiger partial charge in [-0.1, -0.05) is 31.3 Å². The van der Waals surface area contributed by atoms with E-state index in [1.807, 2.05) is 43.9 Å². The van der Waals surface area contributed by atoms with E-state index in [1.54, 1.807) is 12.0 Å². The third-order valence-corrected chi connectivity index (χ3v) is 7.02. The fraction of sp³-hybridized carbons (Fsp3) is 0.500. The number of benzene rings is 1. The van der Waals surface area contributed by atoms with Crippen LogP contribution in [0.3, 0.4) is 0 Å². The Balaban J connectivity index is 1.41. The molecule has 2 aromatic rings. The third-order valence-electron chi connectivity index (χ3n) is 6.02. The van der Waals surface area contributed by atoms with Crippen molar-refractivity contribution in [1.82, 2.24) is 9.88 Å². The number of anilines is 2. The number of thiazole rings is 1. The summed E-state index contributed by atoms with van der Waals surface area (Å²) in [5.41, 5.74) is 2.65. The summed E-state index contributed by atoms with van der Waals surface area (Å²) in [4.78, 5) is 47.2. The Morgan fingerprint density at radius 3 is 2.85 bits per heavy atom. The number of nitrogens with one attached hydrogen (secondary N) is 1. The molecule has 1 saturated heterocycles. The van der Waals surface area contributed by atoms with Crippen LogP contribution in [0.2, 0.25) is 0 Å². The van der Waals surface area contributed by atoms with Crippen LogP contribution in [-0.4, -0.2) is 47.8 Å². The van der Waals surface area contributed by atoms with Gasteiger partial charge in [0.05, 0.1) is 31.0 Å². The molecule has 2 aliphatic rings. The number of amides is 3. The second-order valence-electron chi connectivity index (χ2n) is 9.12. The molecule has 1 aromatic heterocycles. The first-order valence-corrected chi connectivity index (χ1v) is 12.1. The highest BCUT2D eigenvalue weighted by Crippen LogP contribution is 2.35. The summed E-state index contributed by atoms with van der Waals surface area (Å²) < 4.78 is 5.41. The number of methoxy groups -OCH3 is 1. The summed E-state index contributed by atoms with van der Waals surface area (Å²) in [5, 5.41) is 3.43. The van der Waals surface area contributed by atoms with Crippen molar-refractivity contribution in [3.63, 3.8) is 0 Å². The maximum absolute atomic E-state index is 12.9. The molecular weight excluding hydrogens is 440 g/mol. The first kappa shape index (κ1) is 23.2. The number of aryl methyl sites for hydroxylation is 1. The number of ether oxygens (including phenoxy) is 1. The molecule has 1 atom stereocenters. The fourth-order valence-corrected chi connectivity index (χ4v) is 5.30. The number of aromatic nitrogens is 1. The topological polar surface area (TPSA) is 91.8 Å². The summed E-state index contributed by atoms with van der Waals surface area (Å²) in [5.74, 6) is 0.314. The smallest absolute Gasteiger partial charge is 0.231 e. The van der Waals surface area contributed by atoms with Crippen molar-refractivity contribution >= 4 is 39.9 Å². The first-order chi connectivity index (χ1) is 15.7. The van der Waals surface area contributed by atoms with Crippen LogP contribution in [0, 0.1) is 18.8 Å². The zero-order valence-corrected chi connectivity index (χ0v) is 20.3. The number of carbonyl (C=O) groups is 3. The summed E-state index contributed by atoms with van der Waals surface area (Å²) in [6, 6.07) is 5.66. The number of nitrogens with zero attached hydrogens (tertiary/aromatic N) is 3. The minimum atomic E-state index is -0.465. The van der Waals surface area contributed by atoms with Crippen LogP contribution >= 0.6 is 11.3 Å². The first-order valence-electron chi connectivity index (χ1n) is 11.3. The van der Waals surface area contributed by atoms with Crippen molar-refractivity contribution in [1.29, 1.82) is 0 Å². The third kappa shape index (κ3) is 5.03. The van der Waals surface area contributed by atoms with Gasteiger partial charge in [-0.3, -0.25) is 14.4 Å². The Kier molecular flexibility index (Phi) is 6.69. The molecule has 4 rings (SSSR count). The molecule has 0 bridgehead atoms. The number of hydrogen-bond acceptors (Lipinski definition) is 6. The molecule has 1 aromatic carbocycles. The Morgan fingerprint density at radius 1 is 1.33 bits per heavy atom. The van der Waals surface area contributed by atoms with E-state index in [1.165, 1.54) is 11.3 Å². The van der Waals surface area contributed by atoms with E-state index >= 15 is 0 Å². The molecule has 0 aliphatic carbocycles. The molecule has 0 spiro atoms.